The van der Waals surface area contributed by atoms with Crippen molar-refractivity contribution in [2.75, 3.05) is 25.1 Å². The summed E-state index contributed by atoms with van der Waals surface area (Å²) in [5.74, 6) is -4.99. The molecule has 3 amide bonds. The van der Waals surface area contributed by atoms with Gasteiger partial charge in [0.15, 0.2) is 11.6 Å². The predicted octanol–water partition coefficient (Wildman–Crippen LogP) is 4.60. The molecule has 2 aromatic heterocycles. The van der Waals surface area contributed by atoms with E-state index in [2.05, 4.69) is 20.6 Å². The molecule has 1 aliphatic carbocycles. The molecule has 3 aromatic rings. The van der Waals surface area contributed by atoms with E-state index >= 15 is 8.78 Å². The number of amides is 3. The third-order valence-corrected chi connectivity index (χ3v) is 9.93. The summed E-state index contributed by atoms with van der Waals surface area (Å²) in [6.07, 6.45) is 9.64. The zero-order valence-corrected chi connectivity index (χ0v) is 25.8. The number of nitrogens with zero attached hydrogens (tertiary/aromatic N) is 3. The summed E-state index contributed by atoms with van der Waals surface area (Å²) < 4.78 is 50.2. The molecule has 4 atom stereocenters. The monoisotopic (exact) mass is 645 g/mol. The van der Waals surface area contributed by atoms with Gasteiger partial charge in [-0.15, -0.1) is 0 Å². The molecule has 0 unspecified atom stereocenters. The number of rotatable bonds is 1. The van der Waals surface area contributed by atoms with E-state index < -0.39 is 58.2 Å². The number of halogens is 3. The normalized spacial score (nSPS) is 26.8. The van der Waals surface area contributed by atoms with Gasteiger partial charge in [0.2, 0.25) is 11.8 Å². The molecule has 5 heterocycles. The van der Waals surface area contributed by atoms with Crippen LogP contribution in [0.1, 0.15) is 76.8 Å². The number of hydrogen-bond donors (Lipinski definition) is 2. The Labute approximate surface area is 269 Å². The largest absolute Gasteiger partial charge is 0.381 e. The molecule has 0 radical (unpaired) electrons. The van der Waals surface area contributed by atoms with Crippen molar-refractivity contribution in [3.05, 3.63) is 93.7 Å². The summed E-state index contributed by atoms with van der Waals surface area (Å²) in [5.41, 5.74) is 1.90. The number of carbonyl (C=O) groups excluding carboxylic acids is 3. The van der Waals surface area contributed by atoms with Gasteiger partial charge >= 0.3 is 0 Å². The van der Waals surface area contributed by atoms with E-state index in [1.54, 1.807) is 19.2 Å². The number of pyridine rings is 2. The van der Waals surface area contributed by atoms with Crippen LogP contribution in [0, 0.1) is 17.5 Å². The molecular formula is C35H34F3N5O4. The fourth-order valence-corrected chi connectivity index (χ4v) is 7.43. The second kappa shape index (κ2) is 12.2. The fourth-order valence-electron chi connectivity index (χ4n) is 7.43. The van der Waals surface area contributed by atoms with E-state index in [-0.39, 0.29) is 24.4 Å². The molecule has 12 heteroatoms. The SMILES string of the molecule is C[C@@H]1[C@H](c2c(F)ccc(F)c2F)C[C@@H]2NC(=O)c3cnc4c(c3)C[C@@]3(C4)C(=O)Nc4ncc(cc43)/C=C/CCCOCCCN1C2=O. The molecule has 3 aliphatic heterocycles. The minimum atomic E-state index is -1.30. The highest BCUT2D eigenvalue weighted by Gasteiger charge is 2.52. The highest BCUT2D eigenvalue weighted by Crippen LogP contribution is 2.46. The summed E-state index contributed by atoms with van der Waals surface area (Å²) in [5, 5.41) is 5.67. The lowest BCUT2D eigenvalue weighted by Crippen LogP contribution is -2.58. The van der Waals surface area contributed by atoms with Crippen LogP contribution in [0.25, 0.3) is 6.08 Å². The second-order valence-corrected chi connectivity index (χ2v) is 12.8. The average Bonchev–Trinajstić information content (AvgIpc) is 3.57. The Morgan fingerprint density at radius 1 is 1.00 bits per heavy atom. The van der Waals surface area contributed by atoms with E-state index in [0.29, 0.717) is 44.0 Å². The van der Waals surface area contributed by atoms with Crippen molar-refractivity contribution < 1.29 is 32.3 Å². The highest BCUT2D eigenvalue weighted by molar-refractivity contribution is 6.06. The molecule has 1 spiro atoms. The average molecular weight is 646 g/mol. The lowest BCUT2D eigenvalue weighted by molar-refractivity contribution is -0.139. The van der Waals surface area contributed by atoms with Crippen LogP contribution in [0.4, 0.5) is 19.0 Å². The van der Waals surface area contributed by atoms with Crippen LogP contribution in [0.2, 0.25) is 0 Å². The molecule has 0 saturated carbocycles. The van der Waals surface area contributed by atoms with Gasteiger partial charge in [-0.05, 0) is 74.4 Å². The molecule has 1 saturated heterocycles. The Balaban J connectivity index is 1.22. The van der Waals surface area contributed by atoms with Gasteiger partial charge < -0.3 is 20.3 Å². The maximum atomic E-state index is 15.1. The standard InChI is InChI=1S/C35H34F3N5O4/c1-19-23(29-25(36)7-8-26(37)30(29)38)14-27-33(45)43(19)9-5-11-47-10-4-2-3-6-20-12-24-31(40-17-20)42-34(46)35(24)15-21-13-22(32(44)41-27)18-39-28(21)16-35/h3,6-8,12-13,17-19,23,27H,2,4-5,9-11,14-16H2,1H3,(H,41,44)(H,40,42,46)/b6-3+/t19-,23-,27+,35+/m1/s1. The number of benzene rings is 1. The number of allylic oxidation sites excluding steroid dienone is 1. The first-order chi connectivity index (χ1) is 22.7. The molecule has 7 rings (SSSR count). The minimum Gasteiger partial charge on any atom is -0.381 e. The number of piperidine rings is 1. The summed E-state index contributed by atoms with van der Waals surface area (Å²) in [4.78, 5) is 51.3. The molecule has 4 aliphatic rings. The van der Waals surface area contributed by atoms with E-state index in [4.69, 9.17) is 4.74 Å². The van der Waals surface area contributed by atoms with Crippen LogP contribution in [0.3, 0.4) is 0 Å². The fraction of sp³-hybridized carbons (Fsp3) is 0.400. The van der Waals surface area contributed by atoms with Gasteiger partial charge in [0.1, 0.15) is 17.7 Å². The van der Waals surface area contributed by atoms with Gasteiger partial charge in [0, 0.05) is 67.4 Å². The summed E-state index contributed by atoms with van der Waals surface area (Å²) >= 11 is 0. The first-order valence-corrected chi connectivity index (χ1v) is 15.9. The predicted molar refractivity (Wildman–Crippen MR) is 166 cm³/mol. The number of ether oxygens (including phenoxy) is 1. The van der Waals surface area contributed by atoms with Gasteiger partial charge in [-0.25, -0.2) is 18.2 Å². The first kappa shape index (κ1) is 31.0. The number of fused-ring (bicyclic) bond motifs is 4. The molecule has 1 fully saturated rings. The molecule has 7 bridgehead atoms. The van der Waals surface area contributed by atoms with Crippen LogP contribution in [0.15, 0.2) is 42.7 Å². The van der Waals surface area contributed by atoms with Gasteiger partial charge in [-0.1, -0.05) is 12.2 Å². The van der Waals surface area contributed by atoms with Crippen LogP contribution >= 0.6 is 0 Å². The van der Waals surface area contributed by atoms with E-state index in [0.717, 1.165) is 41.7 Å². The number of hydrogen-bond acceptors (Lipinski definition) is 6. The van der Waals surface area contributed by atoms with Gasteiger partial charge in [0.25, 0.3) is 5.91 Å². The minimum absolute atomic E-state index is 0.128. The van der Waals surface area contributed by atoms with Crippen molar-refractivity contribution in [2.24, 2.45) is 0 Å². The van der Waals surface area contributed by atoms with Gasteiger partial charge in [0.05, 0.1) is 11.0 Å². The Morgan fingerprint density at radius 2 is 1.81 bits per heavy atom. The third kappa shape index (κ3) is 5.48. The van der Waals surface area contributed by atoms with Crippen molar-refractivity contribution in [1.82, 2.24) is 20.2 Å². The lowest BCUT2D eigenvalue weighted by Gasteiger charge is -2.43. The van der Waals surface area contributed by atoms with Crippen molar-refractivity contribution >= 4 is 29.6 Å². The second-order valence-electron chi connectivity index (χ2n) is 12.8. The number of aromatic nitrogens is 2. The molecule has 2 N–H and O–H groups in total. The number of carbonyl (C=O) groups is 3. The van der Waals surface area contributed by atoms with Crippen molar-refractivity contribution in [3.8, 4) is 0 Å². The topological polar surface area (TPSA) is 114 Å². The van der Waals surface area contributed by atoms with Crippen LogP contribution in [-0.4, -0.2) is 64.4 Å². The molecule has 244 valence electrons. The van der Waals surface area contributed by atoms with Crippen LogP contribution < -0.4 is 10.6 Å². The lowest BCUT2D eigenvalue weighted by atomic mass is 9.79. The maximum absolute atomic E-state index is 15.1. The van der Waals surface area contributed by atoms with Crippen LogP contribution in [-0.2, 0) is 32.6 Å². The number of anilines is 1. The van der Waals surface area contributed by atoms with Crippen molar-refractivity contribution in [2.45, 2.75) is 68.9 Å². The smallest absolute Gasteiger partial charge is 0.253 e. The van der Waals surface area contributed by atoms with Crippen molar-refractivity contribution in [1.29, 1.82) is 0 Å². The van der Waals surface area contributed by atoms with Gasteiger partial charge in [-0.3, -0.25) is 19.4 Å². The third-order valence-electron chi connectivity index (χ3n) is 9.93. The molecule has 1 aromatic carbocycles. The Morgan fingerprint density at radius 3 is 2.66 bits per heavy atom. The highest BCUT2D eigenvalue weighted by atomic mass is 19.2. The zero-order valence-electron chi connectivity index (χ0n) is 25.8. The van der Waals surface area contributed by atoms with Gasteiger partial charge in [-0.2, -0.15) is 0 Å². The number of nitrogens with one attached hydrogen (secondary N) is 2. The van der Waals surface area contributed by atoms with Crippen LogP contribution in [0.5, 0.6) is 0 Å². The summed E-state index contributed by atoms with van der Waals surface area (Å²) in [7, 11) is 0. The van der Waals surface area contributed by atoms with E-state index in [9.17, 15) is 18.8 Å². The maximum Gasteiger partial charge on any atom is 0.253 e. The molecule has 9 nitrogen and oxygen atoms in total. The Hall–Kier alpha value is -4.58. The Kier molecular flexibility index (Phi) is 8.07. The van der Waals surface area contributed by atoms with E-state index in [1.165, 1.54) is 11.1 Å². The Bertz CT molecular complexity index is 1820. The van der Waals surface area contributed by atoms with Crippen molar-refractivity contribution in [3.63, 3.8) is 0 Å². The quantitative estimate of drug-likeness (QED) is 0.374. The zero-order chi connectivity index (χ0) is 32.9. The summed E-state index contributed by atoms with van der Waals surface area (Å²) in [6.45, 7) is 2.74. The molecule has 47 heavy (non-hydrogen) atoms. The molecular weight excluding hydrogens is 611 g/mol. The van der Waals surface area contributed by atoms with E-state index in [1.807, 2.05) is 18.2 Å². The first-order valence-electron chi connectivity index (χ1n) is 15.9. The summed E-state index contributed by atoms with van der Waals surface area (Å²) in [6, 6.07) is 3.45.